The molecule has 6 aromatic rings. The molecule has 6 heterocycles. The third-order valence-corrected chi connectivity index (χ3v) is 12.3. The maximum Gasteiger partial charge on any atom is 0.595 e. The van der Waals surface area contributed by atoms with Gasteiger partial charge in [-0.15, -0.1) is 4.99 Å². The lowest BCUT2D eigenvalue weighted by molar-refractivity contribution is -1.09. The van der Waals surface area contributed by atoms with E-state index in [0.29, 0.717) is 93.2 Å². The summed E-state index contributed by atoms with van der Waals surface area (Å²) >= 11 is 0. The van der Waals surface area contributed by atoms with E-state index >= 15 is 4.39 Å². The highest BCUT2D eigenvalue weighted by Crippen LogP contribution is 2.42. The monoisotopic (exact) mass is 740 g/mol. The Labute approximate surface area is 308 Å². The van der Waals surface area contributed by atoms with E-state index in [1.165, 1.54) is 20.9 Å². The van der Waals surface area contributed by atoms with Gasteiger partial charge in [0.2, 0.25) is 17.1 Å². The zero-order valence-electron chi connectivity index (χ0n) is 29.5. The maximum absolute atomic E-state index is 15.4. The molecule has 10 rings (SSSR count). The first-order chi connectivity index (χ1) is 26.3. The van der Waals surface area contributed by atoms with Crippen LogP contribution in [0.15, 0.2) is 82.8 Å². The molecule has 4 aliphatic heterocycles. The van der Waals surface area contributed by atoms with E-state index in [0.717, 1.165) is 5.56 Å². The Morgan fingerprint density at radius 2 is 1.46 bits per heavy atom. The summed E-state index contributed by atoms with van der Waals surface area (Å²) in [5.74, 6) is 2.66. The number of hydrogen-bond donors (Lipinski definition) is 2. The molecule has 0 atom stereocenters. The van der Waals surface area contributed by atoms with E-state index < -0.39 is 14.7 Å². The quantitative estimate of drug-likeness (QED) is 0.142. The molecule has 0 fully saturated rings. The molecule has 54 heavy (non-hydrogen) atoms. The fourth-order valence-electron chi connectivity index (χ4n) is 8.08. The first-order valence-electron chi connectivity index (χ1n) is 17.7. The summed E-state index contributed by atoms with van der Waals surface area (Å²) < 4.78 is 40.4. The van der Waals surface area contributed by atoms with E-state index in [4.69, 9.17) is 29.2 Å². The predicted octanol–water partition coefficient (Wildman–Crippen LogP) is 4.03. The van der Waals surface area contributed by atoms with Crippen molar-refractivity contribution >= 4 is 43.5 Å². The molecule has 0 radical (unpaired) electrons. The summed E-state index contributed by atoms with van der Waals surface area (Å²) in [6.45, 7) is 10.9. The second-order valence-corrected chi connectivity index (χ2v) is 15.2. The minimum Gasteiger partial charge on any atom is -0.493 e. The van der Waals surface area contributed by atoms with Crippen molar-refractivity contribution in [2.45, 2.75) is 27.3 Å². The lowest BCUT2D eigenvalue weighted by Crippen LogP contribution is -2.61. The van der Waals surface area contributed by atoms with Gasteiger partial charge in [-0.2, -0.15) is 0 Å². The van der Waals surface area contributed by atoms with Crippen LogP contribution in [0.3, 0.4) is 0 Å². The van der Waals surface area contributed by atoms with Gasteiger partial charge in [-0.25, -0.2) is 8.62 Å². The second kappa shape index (κ2) is 11.6. The molecule has 2 N–H and O–H groups in total. The van der Waals surface area contributed by atoms with Crippen LogP contribution in [-0.4, -0.2) is 69.6 Å². The van der Waals surface area contributed by atoms with Gasteiger partial charge in [0, 0.05) is 6.54 Å². The molecule has 0 spiro atoms. The van der Waals surface area contributed by atoms with Crippen LogP contribution in [0.5, 0.6) is 17.2 Å². The minimum atomic E-state index is -4.94. The largest absolute Gasteiger partial charge is 0.595 e. The number of fused-ring (bicyclic) bond motifs is 10. The summed E-state index contributed by atoms with van der Waals surface area (Å²) in [4.78, 5) is 46.5. The van der Waals surface area contributed by atoms with Crippen LogP contribution in [0.4, 0.5) is 4.39 Å². The zero-order valence-corrected chi connectivity index (χ0v) is 30.5. The fraction of sp³-hybridized carbons (Fsp3) is 0.179. The van der Waals surface area contributed by atoms with E-state index in [9.17, 15) is 9.59 Å². The van der Waals surface area contributed by atoms with E-state index in [-0.39, 0.29) is 29.5 Å². The smallest absolute Gasteiger partial charge is 0.493 e. The summed E-state index contributed by atoms with van der Waals surface area (Å²) in [5, 5.41) is 1.08. The first kappa shape index (κ1) is 32.4. The average molecular weight is 741 g/mol. The van der Waals surface area contributed by atoms with Gasteiger partial charge >= 0.3 is 32.2 Å². The van der Waals surface area contributed by atoms with Gasteiger partial charge in [-0.05, 0) is 74.9 Å². The van der Waals surface area contributed by atoms with Crippen molar-refractivity contribution in [2.75, 3.05) is 19.8 Å². The van der Waals surface area contributed by atoms with Gasteiger partial charge in [-0.3, -0.25) is 0 Å². The lowest BCUT2D eigenvalue weighted by atomic mass is 10.1. The van der Waals surface area contributed by atoms with Crippen molar-refractivity contribution < 1.29 is 36.9 Å². The number of rotatable bonds is 7. The molecule has 0 aliphatic carbocycles. The first-order valence-corrected chi connectivity index (χ1v) is 19.5. The van der Waals surface area contributed by atoms with Gasteiger partial charge in [0.15, 0.2) is 0 Å². The highest BCUT2D eigenvalue weighted by atomic mass is 28.4. The van der Waals surface area contributed by atoms with Crippen LogP contribution in [0.25, 0.3) is 44.8 Å². The normalized spacial score (nSPS) is 16.2. The van der Waals surface area contributed by atoms with Crippen LogP contribution < -0.4 is 22.9 Å². The van der Waals surface area contributed by atoms with Crippen molar-refractivity contribution in [1.82, 2.24) is 18.8 Å². The van der Waals surface area contributed by atoms with Gasteiger partial charge in [0.1, 0.15) is 28.6 Å². The summed E-state index contributed by atoms with van der Waals surface area (Å²) in [6.07, 6.45) is 0. The van der Waals surface area contributed by atoms with Crippen molar-refractivity contribution in [1.29, 1.82) is 0 Å². The molecule has 0 saturated carbocycles. The average Bonchev–Trinajstić information content (AvgIpc) is 3.88. The van der Waals surface area contributed by atoms with Crippen LogP contribution in [0.2, 0.25) is 0 Å². The Kier molecular flexibility index (Phi) is 6.95. The highest BCUT2D eigenvalue weighted by Gasteiger charge is 2.55. The predicted molar refractivity (Wildman–Crippen MR) is 198 cm³/mol. The number of nitrogens with zero attached hydrogens (tertiary/aromatic N) is 8. The van der Waals surface area contributed by atoms with Crippen LogP contribution in [-0.2, 0) is 6.54 Å². The molecule has 0 amide bonds. The van der Waals surface area contributed by atoms with Gasteiger partial charge < -0.3 is 28.4 Å². The number of amidine groups is 1. The Hall–Kier alpha value is -6.29. The van der Waals surface area contributed by atoms with Gasteiger partial charge in [0.25, 0.3) is 0 Å². The number of benzene rings is 4. The second-order valence-electron chi connectivity index (χ2n) is 13.0. The van der Waals surface area contributed by atoms with Crippen LogP contribution in [0, 0.1) is 17.5 Å². The molecular weight excluding hydrogens is 708 g/mol. The number of halogens is 1. The molecule has 268 valence electrons. The molecule has 4 aliphatic rings. The third kappa shape index (κ3) is 4.19. The lowest BCUT2D eigenvalue weighted by Gasteiger charge is -2.28. The maximum atomic E-state index is 15.4. The fourth-order valence-corrected chi connectivity index (χ4v) is 10.0. The Morgan fingerprint density at radius 3 is 2.22 bits per heavy atom. The zero-order chi connectivity index (χ0) is 37.0. The summed E-state index contributed by atoms with van der Waals surface area (Å²) in [6, 6.07) is 21.2. The van der Waals surface area contributed by atoms with Crippen LogP contribution in [0.1, 0.15) is 43.0 Å². The SMILES string of the molecule is C=NC1=[n+]2c(nc3c4c(OCC)cccc4c4nc5[n+]2=C(/N=C2/c6c(cccc6OCC)CN2[Si](O)(O)n43)c2ccc(F)cc2-5)-c2cccc(OCC)c21. The molecule has 2 aromatic heterocycles. The van der Waals surface area contributed by atoms with Crippen molar-refractivity contribution in [3.63, 3.8) is 0 Å². The van der Waals surface area contributed by atoms with Crippen molar-refractivity contribution in [3.05, 3.63) is 113 Å². The van der Waals surface area contributed by atoms with Gasteiger partial charge in [-0.1, -0.05) is 47.9 Å². The number of hydrogen-bond acceptors (Lipinski definition) is 10. The van der Waals surface area contributed by atoms with E-state index in [2.05, 4.69) is 11.7 Å². The molecule has 0 saturated heterocycles. The molecule has 0 unspecified atom stereocenters. The van der Waals surface area contributed by atoms with E-state index in [1.807, 2.05) is 75.4 Å². The Bertz CT molecular complexity index is 2890. The molecule has 4 aromatic carbocycles. The van der Waals surface area contributed by atoms with Crippen molar-refractivity contribution in [2.24, 2.45) is 9.98 Å². The summed E-state index contributed by atoms with van der Waals surface area (Å²) in [5.41, 5.74) is 4.05. The minimum absolute atomic E-state index is 0.104. The van der Waals surface area contributed by atoms with E-state index in [1.54, 1.807) is 14.8 Å². The molecule has 6 bridgehead atoms. The Morgan fingerprint density at radius 1 is 0.796 bits per heavy atom. The van der Waals surface area contributed by atoms with Crippen molar-refractivity contribution in [3.8, 4) is 40.0 Å². The molecule has 15 heteroatoms. The standard InChI is InChI=1S/C39H33FN8O5Si/c1-5-51-27-14-8-11-21-20-45-38(30(21)27)43-33-23-18-17-22(40)19-26(23)35-42-36-25-13-10-16-29(53-7-3)32(25)39(48(36)54(45,49)50)44-34-24-12-9-15-28(52-6-2)31(24)37(41-4)47(34)46(33)35/h8-19,49-50H,4-7,20H2,1-3H3/q+2. The third-order valence-electron chi connectivity index (χ3n) is 10.1. The number of aliphatic imine (C=N–C) groups is 2. The Balaban J connectivity index is 1.55. The van der Waals surface area contributed by atoms with Gasteiger partial charge in [0.05, 0.1) is 59.6 Å². The number of aromatic nitrogens is 5. The summed E-state index contributed by atoms with van der Waals surface area (Å²) in [7, 11) is -4.94. The highest BCUT2D eigenvalue weighted by molar-refractivity contribution is 6.66. The number of ether oxygens (including phenoxy) is 3. The topological polar surface area (TPSA) is 139 Å². The molecular formula is C39H33FN8O5Si+2. The van der Waals surface area contributed by atoms with Crippen LogP contribution >= 0.6 is 0 Å². The molecule has 13 nitrogen and oxygen atoms in total.